The van der Waals surface area contributed by atoms with Gasteiger partial charge in [-0.05, 0) is 44.1 Å². The van der Waals surface area contributed by atoms with Crippen molar-refractivity contribution in [3.05, 3.63) is 34.2 Å². The van der Waals surface area contributed by atoms with Gasteiger partial charge in [-0.3, -0.25) is 4.79 Å². The number of rotatable bonds is 8. The lowest BCUT2D eigenvalue weighted by molar-refractivity contribution is 0.301. The molecule has 4 heteroatoms. The Balaban J connectivity index is 2.05. The van der Waals surface area contributed by atoms with E-state index in [0.717, 1.165) is 48.7 Å². The maximum Gasteiger partial charge on any atom is 0.278 e. The molecule has 1 saturated carbocycles. The molecule has 1 heterocycles. The van der Waals surface area contributed by atoms with E-state index in [2.05, 4.69) is 13.8 Å². The molecule has 1 fully saturated rings. The van der Waals surface area contributed by atoms with Crippen molar-refractivity contribution in [3.63, 3.8) is 0 Å². The molecule has 1 aliphatic carbocycles. The summed E-state index contributed by atoms with van der Waals surface area (Å²) in [6, 6.07) is 5.93. The largest absolute Gasteiger partial charge is 0.493 e. The fourth-order valence-electron chi connectivity index (χ4n) is 3.97. The summed E-state index contributed by atoms with van der Waals surface area (Å²) in [7, 11) is 0. The van der Waals surface area contributed by atoms with E-state index in [0.29, 0.717) is 18.3 Å². The topological polar surface area (TPSA) is 44.1 Å². The predicted molar refractivity (Wildman–Crippen MR) is 107 cm³/mol. The fourth-order valence-corrected chi connectivity index (χ4v) is 3.97. The van der Waals surface area contributed by atoms with Crippen LogP contribution in [-0.2, 0) is 13.0 Å². The highest BCUT2D eigenvalue weighted by Crippen LogP contribution is 2.27. The molecule has 0 radical (unpaired) electrons. The highest BCUT2D eigenvalue weighted by molar-refractivity contribution is 5.89. The molecule has 0 unspecified atom stereocenters. The van der Waals surface area contributed by atoms with Gasteiger partial charge >= 0.3 is 0 Å². The first-order valence-electron chi connectivity index (χ1n) is 10.4. The Kier molecular flexibility index (Phi) is 6.70. The number of hydrogen-bond donors (Lipinski definition) is 0. The second-order valence-electron chi connectivity index (χ2n) is 7.57. The first kappa shape index (κ1) is 18.9. The Hall–Kier alpha value is -1.84. The molecule has 1 aliphatic rings. The van der Waals surface area contributed by atoms with Crippen molar-refractivity contribution in [1.82, 2.24) is 9.78 Å². The van der Waals surface area contributed by atoms with E-state index in [4.69, 9.17) is 9.84 Å². The van der Waals surface area contributed by atoms with E-state index in [9.17, 15) is 4.79 Å². The SMILES string of the molecule is CCCCc1nn(CC2CCCCC2)c(=O)c2c(OCCC)cccc12. The number of ether oxygens (including phenoxy) is 1. The van der Waals surface area contributed by atoms with Gasteiger partial charge in [0.1, 0.15) is 5.75 Å². The normalized spacial score (nSPS) is 15.5. The summed E-state index contributed by atoms with van der Waals surface area (Å²) in [6.45, 7) is 5.65. The second kappa shape index (κ2) is 9.20. The molecule has 0 bridgehead atoms. The lowest BCUT2D eigenvalue weighted by Crippen LogP contribution is -2.29. The van der Waals surface area contributed by atoms with Gasteiger partial charge < -0.3 is 4.74 Å². The summed E-state index contributed by atoms with van der Waals surface area (Å²) in [6.07, 6.45) is 10.4. The van der Waals surface area contributed by atoms with E-state index in [-0.39, 0.29) is 5.56 Å². The molecule has 142 valence electrons. The Labute approximate surface area is 156 Å². The average molecular weight is 357 g/mol. The van der Waals surface area contributed by atoms with E-state index >= 15 is 0 Å². The molecule has 1 aromatic carbocycles. The molecule has 3 rings (SSSR count). The third-order valence-electron chi connectivity index (χ3n) is 5.41. The van der Waals surface area contributed by atoms with E-state index in [1.807, 2.05) is 18.2 Å². The van der Waals surface area contributed by atoms with Gasteiger partial charge in [0.15, 0.2) is 0 Å². The third-order valence-corrected chi connectivity index (χ3v) is 5.41. The Morgan fingerprint density at radius 1 is 1.15 bits per heavy atom. The average Bonchev–Trinajstić information content (AvgIpc) is 2.68. The number of fused-ring (bicyclic) bond motifs is 1. The zero-order valence-corrected chi connectivity index (χ0v) is 16.3. The molecular weight excluding hydrogens is 324 g/mol. The summed E-state index contributed by atoms with van der Waals surface area (Å²) in [5, 5.41) is 6.49. The van der Waals surface area contributed by atoms with Gasteiger partial charge in [-0.1, -0.05) is 51.7 Å². The molecule has 2 aromatic rings. The van der Waals surface area contributed by atoms with Crippen LogP contribution in [0.25, 0.3) is 10.8 Å². The number of nitrogens with zero attached hydrogens (tertiary/aromatic N) is 2. The molecule has 1 aromatic heterocycles. The van der Waals surface area contributed by atoms with E-state index in [1.54, 1.807) is 4.68 Å². The summed E-state index contributed by atoms with van der Waals surface area (Å²) in [4.78, 5) is 13.2. The summed E-state index contributed by atoms with van der Waals surface area (Å²) in [5.74, 6) is 1.29. The molecule has 26 heavy (non-hydrogen) atoms. The monoisotopic (exact) mass is 356 g/mol. The van der Waals surface area contributed by atoms with Crippen molar-refractivity contribution in [2.45, 2.75) is 78.2 Å². The highest BCUT2D eigenvalue weighted by atomic mass is 16.5. The van der Waals surface area contributed by atoms with E-state index < -0.39 is 0 Å². The van der Waals surface area contributed by atoms with Crippen molar-refractivity contribution in [2.75, 3.05) is 6.61 Å². The van der Waals surface area contributed by atoms with Crippen LogP contribution < -0.4 is 10.3 Å². The molecule has 0 spiro atoms. The molecule has 4 nitrogen and oxygen atoms in total. The number of unbranched alkanes of at least 4 members (excludes halogenated alkanes) is 1. The van der Waals surface area contributed by atoms with Gasteiger partial charge in [0.2, 0.25) is 0 Å². The molecule has 0 saturated heterocycles. The highest BCUT2D eigenvalue weighted by Gasteiger charge is 2.19. The maximum atomic E-state index is 13.2. The Morgan fingerprint density at radius 3 is 2.69 bits per heavy atom. The van der Waals surface area contributed by atoms with Crippen LogP contribution >= 0.6 is 0 Å². The van der Waals surface area contributed by atoms with Crippen molar-refractivity contribution >= 4 is 10.8 Å². The standard InChI is InChI=1S/C22H32N2O2/c1-3-5-13-19-18-12-9-14-20(26-15-4-2)21(18)22(25)24(23-19)16-17-10-7-6-8-11-17/h9,12,14,17H,3-8,10-11,13,15-16H2,1-2H3. The Morgan fingerprint density at radius 2 is 1.96 bits per heavy atom. The van der Waals surface area contributed by atoms with Crippen LogP contribution in [0.2, 0.25) is 0 Å². The molecule has 0 amide bonds. The van der Waals surface area contributed by atoms with Crippen LogP contribution in [0.5, 0.6) is 5.75 Å². The van der Waals surface area contributed by atoms with Crippen LogP contribution in [0.15, 0.2) is 23.0 Å². The lowest BCUT2D eigenvalue weighted by atomic mass is 9.89. The summed E-state index contributed by atoms with van der Waals surface area (Å²) in [5.41, 5.74) is 1.05. The lowest BCUT2D eigenvalue weighted by Gasteiger charge is -2.22. The molecule has 0 N–H and O–H groups in total. The number of hydrogen-bond acceptors (Lipinski definition) is 3. The quantitative estimate of drug-likeness (QED) is 0.660. The van der Waals surface area contributed by atoms with Crippen molar-refractivity contribution in [3.8, 4) is 5.75 Å². The van der Waals surface area contributed by atoms with Gasteiger partial charge in [-0.25, -0.2) is 4.68 Å². The molecular formula is C22H32N2O2. The van der Waals surface area contributed by atoms with E-state index in [1.165, 1.54) is 32.1 Å². The fraction of sp³-hybridized carbons (Fsp3) is 0.636. The van der Waals surface area contributed by atoms with Gasteiger partial charge in [0.25, 0.3) is 5.56 Å². The van der Waals surface area contributed by atoms with Crippen LogP contribution in [-0.4, -0.2) is 16.4 Å². The molecule has 0 aliphatic heterocycles. The van der Waals surface area contributed by atoms with Crippen LogP contribution in [0.4, 0.5) is 0 Å². The van der Waals surface area contributed by atoms with Crippen LogP contribution in [0, 0.1) is 5.92 Å². The zero-order chi connectivity index (χ0) is 18.4. The van der Waals surface area contributed by atoms with Gasteiger partial charge in [-0.15, -0.1) is 0 Å². The minimum absolute atomic E-state index is 0.0116. The van der Waals surface area contributed by atoms with Crippen molar-refractivity contribution in [2.24, 2.45) is 5.92 Å². The smallest absolute Gasteiger partial charge is 0.278 e. The van der Waals surface area contributed by atoms with Crippen molar-refractivity contribution in [1.29, 1.82) is 0 Å². The van der Waals surface area contributed by atoms with Gasteiger partial charge in [0, 0.05) is 11.9 Å². The van der Waals surface area contributed by atoms with Crippen LogP contribution in [0.3, 0.4) is 0 Å². The minimum Gasteiger partial charge on any atom is -0.493 e. The zero-order valence-electron chi connectivity index (χ0n) is 16.3. The number of benzene rings is 1. The van der Waals surface area contributed by atoms with Gasteiger partial charge in [0.05, 0.1) is 17.7 Å². The number of aryl methyl sites for hydroxylation is 1. The minimum atomic E-state index is 0.0116. The number of aromatic nitrogens is 2. The third kappa shape index (κ3) is 4.28. The first-order valence-corrected chi connectivity index (χ1v) is 10.4. The van der Waals surface area contributed by atoms with Gasteiger partial charge in [-0.2, -0.15) is 5.10 Å². The summed E-state index contributed by atoms with van der Waals surface area (Å²) >= 11 is 0. The summed E-state index contributed by atoms with van der Waals surface area (Å²) < 4.78 is 7.65. The van der Waals surface area contributed by atoms with Crippen LogP contribution in [0.1, 0.15) is 70.9 Å². The maximum absolute atomic E-state index is 13.2. The van der Waals surface area contributed by atoms with Crippen molar-refractivity contribution < 1.29 is 4.74 Å². The Bertz CT molecular complexity index is 776. The second-order valence-corrected chi connectivity index (χ2v) is 7.57. The first-order chi connectivity index (χ1) is 12.7. The molecule has 0 atom stereocenters. The predicted octanol–water partition coefficient (Wildman–Crippen LogP) is 5.11.